The molecule has 2 aliphatic heterocycles. The molecule has 0 spiro atoms. The molecule has 2 heterocycles. The molecular weight excluding hydrogens is 361 g/mol. The topological polar surface area (TPSA) is 33.7 Å². The lowest BCUT2D eigenvalue weighted by Crippen LogP contribution is -2.47. The number of fused-ring (bicyclic) bond motifs is 1. The maximum Gasteiger partial charge on any atom is 0.586 e. The van der Waals surface area contributed by atoms with Crippen LogP contribution in [0, 0.1) is 5.92 Å². The number of hydrogen-bond acceptors (Lipinski definition) is 4. The maximum atomic E-state index is 13.2. The normalized spacial score (nSPS) is 23.6. The Morgan fingerprint density at radius 1 is 1.08 bits per heavy atom. The number of benzene rings is 1. The highest BCUT2D eigenvalue weighted by Gasteiger charge is 2.44. The number of piperazine rings is 1. The molecule has 1 aromatic carbocycles. The minimum absolute atomic E-state index is 0. The quantitative estimate of drug-likeness (QED) is 0.865. The third kappa shape index (κ3) is 3.72. The Hall–Kier alpha value is -0.820. The molecule has 1 atom stereocenters. The van der Waals surface area contributed by atoms with Crippen molar-refractivity contribution < 1.29 is 18.3 Å². The number of ether oxygens (including phenoxy) is 2. The van der Waals surface area contributed by atoms with Crippen LogP contribution in [0.1, 0.15) is 30.9 Å². The molecule has 0 unspecified atom stereocenters. The molecule has 3 aliphatic rings. The zero-order valence-corrected chi connectivity index (χ0v) is 14.8. The Balaban J connectivity index is 0.00000104. The van der Waals surface area contributed by atoms with Crippen LogP contribution >= 0.6 is 24.8 Å². The number of nitrogens with zero attached hydrogens (tertiary/aromatic N) is 1. The summed E-state index contributed by atoms with van der Waals surface area (Å²) in [6.07, 6.45) is 0.135. The van der Waals surface area contributed by atoms with Gasteiger partial charge in [-0.05, 0) is 36.5 Å². The van der Waals surface area contributed by atoms with Gasteiger partial charge in [0.05, 0.1) is 0 Å². The summed E-state index contributed by atoms with van der Waals surface area (Å²) in [5.41, 5.74) is 1.06. The Morgan fingerprint density at radius 3 is 2.38 bits per heavy atom. The largest absolute Gasteiger partial charge is 0.586 e. The first-order chi connectivity index (χ1) is 10.6. The molecule has 1 saturated carbocycles. The van der Waals surface area contributed by atoms with Gasteiger partial charge in [0.15, 0.2) is 11.5 Å². The molecule has 0 amide bonds. The average Bonchev–Trinajstić information content (AvgIpc) is 2.76. The Kier molecular flexibility index (Phi) is 6.18. The van der Waals surface area contributed by atoms with E-state index in [1.165, 1.54) is 19.3 Å². The fraction of sp³-hybridized carbons (Fsp3) is 0.625. The first kappa shape index (κ1) is 19.5. The van der Waals surface area contributed by atoms with E-state index in [2.05, 4.69) is 19.7 Å². The summed E-state index contributed by atoms with van der Waals surface area (Å²) in [5.74, 6) is 0.891. The molecule has 4 rings (SSSR count). The highest BCUT2D eigenvalue weighted by atomic mass is 35.5. The number of alkyl halides is 2. The van der Waals surface area contributed by atoms with E-state index < -0.39 is 6.29 Å². The van der Waals surface area contributed by atoms with E-state index in [-0.39, 0.29) is 36.3 Å². The first-order valence-corrected chi connectivity index (χ1v) is 7.97. The van der Waals surface area contributed by atoms with Gasteiger partial charge in [-0.25, -0.2) is 0 Å². The summed E-state index contributed by atoms with van der Waals surface area (Å²) < 4.78 is 35.5. The highest BCUT2D eigenvalue weighted by Crippen LogP contribution is 2.46. The smallest absolute Gasteiger partial charge is 0.395 e. The van der Waals surface area contributed by atoms with Crippen LogP contribution in [0.15, 0.2) is 18.2 Å². The van der Waals surface area contributed by atoms with Gasteiger partial charge < -0.3 is 14.8 Å². The Bertz CT molecular complexity index is 567. The molecule has 1 aromatic rings. The maximum absolute atomic E-state index is 13.2. The van der Waals surface area contributed by atoms with Crippen molar-refractivity contribution in [2.24, 2.45) is 5.92 Å². The fourth-order valence-corrected chi connectivity index (χ4v) is 3.65. The second kappa shape index (κ2) is 7.60. The van der Waals surface area contributed by atoms with Gasteiger partial charge in [0.25, 0.3) is 0 Å². The third-order valence-electron chi connectivity index (χ3n) is 4.91. The van der Waals surface area contributed by atoms with Gasteiger partial charge in [-0.3, -0.25) is 4.90 Å². The molecule has 1 aliphatic carbocycles. The van der Waals surface area contributed by atoms with Crippen LogP contribution in [0.25, 0.3) is 0 Å². The minimum Gasteiger partial charge on any atom is -0.395 e. The van der Waals surface area contributed by atoms with Crippen LogP contribution in [0.2, 0.25) is 0 Å². The third-order valence-corrected chi connectivity index (χ3v) is 4.91. The standard InChI is InChI=1S/C16H20F2N2O2.2ClH/c17-16(18)21-13-5-4-12(10-14(13)22-16)15(11-2-1-3-11)20-8-6-19-7-9-20;;/h4-5,10-11,15,19H,1-3,6-9H2;2*1H/t15-;;/m1../s1. The van der Waals surface area contributed by atoms with Gasteiger partial charge >= 0.3 is 6.29 Å². The zero-order valence-electron chi connectivity index (χ0n) is 13.2. The second-order valence-electron chi connectivity index (χ2n) is 6.30. The van der Waals surface area contributed by atoms with E-state index in [1.54, 1.807) is 12.1 Å². The summed E-state index contributed by atoms with van der Waals surface area (Å²) in [6.45, 7) is 3.94. The van der Waals surface area contributed by atoms with E-state index >= 15 is 0 Å². The molecule has 24 heavy (non-hydrogen) atoms. The molecule has 136 valence electrons. The van der Waals surface area contributed by atoms with Crippen molar-refractivity contribution in [1.29, 1.82) is 0 Å². The van der Waals surface area contributed by atoms with Gasteiger partial charge in [-0.2, -0.15) is 0 Å². The number of rotatable bonds is 3. The Morgan fingerprint density at radius 2 is 1.75 bits per heavy atom. The van der Waals surface area contributed by atoms with Crippen LogP contribution in [0.4, 0.5) is 8.78 Å². The van der Waals surface area contributed by atoms with Crippen molar-refractivity contribution in [3.8, 4) is 11.5 Å². The van der Waals surface area contributed by atoms with Crippen LogP contribution < -0.4 is 14.8 Å². The van der Waals surface area contributed by atoms with Gasteiger partial charge in [-0.1, -0.05) is 12.5 Å². The lowest BCUT2D eigenvalue weighted by molar-refractivity contribution is -0.286. The van der Waals surface area contributed by atoms with Gasteiger partial charge in [0.1, 0.15) is 0 Å². The van der Waals surface area contributed by atoms with E-state index in [4.69, 9.17) is 0 Å². The summed E-state index contributed by atoms with van der Waals surface area (Å²) in [6, 6.07) is 5.55. The predicted molar refractivity (Wildman–Crippen MR) is 91.7 cm³/mol. The monoisotopic (exact) mass is 382 g/mol. The minimum atomic E-state index is -3.54. The molecule has 1 saturated heterocycles. The molecule has 4 nitrogen and oxygen atoms in total. The predicted octanol–water partition coefficient (Wildman–Crippen LogP) is 3.60. The average molecular weight is 383 g/mol. The van der Waals surface area contributed by atoms with Gasteiger partial charge in [0, 0.05) is 32.2 Å². The molecule has 1 N–H and O–H groups in total. The molecular formula is C16H22Cl2F2N2O2. The van der Waals surface area contributed by atoms with Gasteiger partial charge in [0.2, 0.25) is 0 Å². The van der Waals surface area contributed by atoms with Crippen LogP contribution in [0.3, 0.4) is 0 Å². The summed E-state index contributed by atoms with van der Waals surface area (Å²) in [5, 5.41) is 3.36. The van der Waals surface area contributed by atoms with Crippen molar-refractivity contribution in [3.63, 3.8) is 0 Å². The number of nitrogens with one attached hydrogen (secondary N) is 1. The van der Waals surface area contributed by atoms with Crippen LogP contribution in [-0.4, -0.2) is 37.4 Å². The number of hydrogen-bond donors (Lipinski definition) is 1. The highest BCUT2D eigenvalue weighted by molar-refractivity contribution is 5.85. The van der Waals surface area contributed by atoms with Crippen LogP contribution in [0.5, 0.6) is 11.5 Å². The molecule has 2 fully saturated rings. The van der Waals surface area contributed by atoms with Crippen LogP contribution in [-0.2, 0) is 0 Å². The van der Waals surface area contributed by atoms with Crippen molar-refractivity contribution >= 4 is 24.8 Å². The molecule has 0 aromatic heterocycles. The van der Waals surface area contributed by atoms with Crippen molar-refractivity contribution in [1.82, 2.24) is 10.2 Å². The van der Waals surface area contributed by atoms with E-state index in [0.717, 1.165) is 31.7 Å². The Labute approximate surface area is 152 Å². The zero-order chi connectivity index (χ0) is 15.2. The number of halogens is 4. The lowest BCUT2D eigenvalue weighted by atomic mass is 9.76. The summed E-state index contributed by atoms with van der Waals surface area (Å²) in [7, 11) is 0. The van der Waals surface area contributed by atoms with Crippen molar-refractivity contribution in [2.45, 2.75) is 31.6 Å². The SMILES string of the molecule is Cl.Cl.FC1(F)Oc2ccc([C@@H](C3CCC3)N3CCNCC3)cc2O1. The van der Waals surface area contributed by atoms with Gasteiger partial charge in [-0.15, -0.1) is 33.6 Å². The lowest BCUT2D eigenvalue weighted by Gasteiger charge is -2.43. The van der Waals surface area contributed by atoms with E-state index in [9.17, 15) is 8.78 Å². The fourth-order valence-electron chi connectivity index (χ4n) is 3.65. The first-order valence-electron chi connectivity index (χ1n) is 7.97. The molecule has 0 bridgehead atoms. The molecule has 0 radical (unpaired) electrons. The second-order valence-corrected chi connectivity index (χ2v) is 6.30. The summed E-state index contributed by atoms with van der Waals surface area (Å²) in [4.78, 5) is 2.47. The molecule has 8 heteroatoms. The van der Waals surface area contributed by atoms with Crippen molar-refractivity contribution in [2.75, 3.05) is 26.2 Å². The van der Waals surface area contributed by atoms with E-state index in [0.29, 0.717) is 12.0 Å². The van der Waals surface area contributed by atoms with E-state index in [1.807, 2.05) is 6.07 Å². The van der Waals surface area contributed by atoms with Crippen molar-refractivity contribution in [3.05, 3.63) is 23.8 Å². The summed E-state index contributed by atoms with van der Waals surface area (Å²) >= 11 is 0.